The minimum Gasteiger partial charge on any atom is -0.337 e. The second-order valence-corrected chi connectivity index (χ2v) is 7.48. The first-order valence-corrected chi connectivity index (χ1v) is 10.4. The fourth-order valence-electron chi connectivity index (χ4n) is 3.29. The van der Waals surface area contributed by atoms with Crippen LogP contribution in [0.15, 0.2) is 0 Å². The van der Waals surface area contributed by atoms with Gasteiger partial charge in [-0.05, 0) is 59.8 Å². The molecule has 4 heteroatoms. The summed E-state index contributed by atoms with van der Waals surface area (Å²) in [5.74, 6) is 0.380. The molecule has 4 atom stereocenters. The van der Waals surface area contributed by atoms with Gasteiger partial charge in [-0.15, -0.1) is 0 Å². The summed E-state index contributed by atoms with van der Waals surface area (Å²) >= 11 is 0. The average molecular weight is 355 g/mol. The molecule has 0 rings (SSSR count). The minimum absolute atomic E-state index is 0.190. The first-order chi connectivity index (χ1) is 11.7. The van der Waals surface area contributed by atoms with E-state index >= 15 is 0 Å². The maximum Gasteiger partial charge on any atom is 0.223 e. The van der Waals surface area contributed by atoms with Crippen molar-refractivity contribution in [1.29, 1.82) is 0 Å². The van der Waals surface area contributed by atoms with E-state index in [2.05, 4.69) is 55.4 Å². The highest BCUT2D eigenvalue weighted by molar-refractivity contribution is 5.79. The number of carbonyl (C=O) groups excluding carboxylic acids is 2. The molecule has 4 nitrogen and oxygen atoms in total. The Balaban J connectivity index is 4.74. The molecule has 148 valence electrons. The number of amides is 2. The third kappa shape index (κ3) is 7.37. The quantitative estimate of drug-likeness (QED) is 0.494. The summed E-state index contributed by atoms with van der Waals surface area (Å²) < 4.78 is 0. The standard InChI is InChI=1S/C21H42N2O2/c1-9-16(5)22(17(6)10-2)20(24)14-13-15-21(25)23(18(7)11-3)19(8)12-4/h16-19H,9-15H2,1-8H3/t16-,17-,18-,19+/m0/s1. The minimum atomic E-state index is 0.190. The summed E-state index contributed by atoms with van der Waals surface area (Å²) in [5.41, 5.74) is 0. The molecular weight excluding hydrogens is 312 g/mol. The maximum absolute atomic E-state index is 12.7. The van der Waals surface area contributed by atoms with Crippen LogP contribution in [-0.4, -0.2) is 45.8 Å². The number of carbonyl (C=O) groups is 2. The number of hydrogen-bond acceptors (Lipinski definition) is 2. The largest absolute Gasteiger partial charge is 0.337 e. The normalized spacial score (nSPS) is 16.0. The van der Waals surface area contributed by atoms with Crippen LogP contribution in [0.25, 0.3) is 0 Å². The summed E-state index contributed by atoms with van der Waals surface area (Å²) in [5, 5.41) is 0. The van der Waals surface area contributed by atoms with E-state index in [0.29, 0.717) is 19.3 Å². The van der Waals surface area contributed by atoms with Crippen molar-refractivity contribution in [3.8, 4) is 0 Å². The van der Waals surface area contributed by atoms with Gasteiger partial charge in [0.05, 0.1) is 0 Å². The van der Waals surface area contributed by atoms with Crippen molar-refractivity contribution < 1.29 is 9.59 Å². The summed E-state index contributed by atoms with van der Waals surface area (Å²) in [6.45, 7) is 16.9. The van der Waals surface area contributed by atoms with Gasteiger partial charge in [0.25, 0.3) is 0 Å². The van der Waals surface area contributed by atoms with Crippen molar-refractivity contribution in [1.82, 2.24) is 9.80 Å². The Hall–Kier alpha value is -1.06. The zero-order valence-electron chi connectivity index (χ0n) is 18.0. The fourth-order valence-corrected chi connectivity index (χ4v) is 3.29. The van der Waals surface area contributed by atoms with E-state index in [0.717, 1.165) is 25.7 Å². The first kappa shape index (κ1) is 23.9. The van der Waals surface area contributed by atoms with E-state index in [1.54, 1.807) is 0 Å². The van der Waals surface area contributed by atoms with Gasteiger partial charge in [0.1, 0.15) is 0 Å². The Morgan fingerprint density at radius 3 is 1.04 bits per heavy atom. The topological polar surface area (TPSA) is 40.6 Å². The van der Waals surface area contributed by atoms with Gasteiger partial charge < -0.3 is 9.80 Å². The maximum atomic E-state index is 12.7. The van der Waals surface area contributed by atoms with Gasteiger partial charge in [0.2, 0.25) is 11.8 Å². The molecule has 2 amide bonds. The average Bonchev–Trinajstić information content (AvgIpc) is 2.60. The van der Waals surface area contributed by atoms with E-state index in [9.17, 15) is 9.59 Å². The molecule has 0 aliphatic carbocycles. The molecule has 0 aromatic carbocycles. The molecule has 0 aliphatic heterocycles. The smallest absolute Gasteiger partial charge is 0.223 e. The van der Waals surface area contributed by atoms with E-state index < -0.39 is 0 Å². The Bertz CT molecular complexity index is 341. The summed E-state index contributed by atoms with van der Waals surface area (Å²) in [4.78, 5) is 29.4. The van der Waals surface area contributed by atoms with Crippen LogP contribution < -0.4 is 0 Å². The molecule has 0 spiro atoms. The fraction of sp³-hybridized carbons (Fsp3) is 0.905. The SMILES string of the molecule is CC[C@@H](C)N(C(=O)CCCC(=O)N([C@@H](C)CC)[C@@H](C)CC)[C@@H](C)CC. The Kier molecular flexibility index (Phi) is 11.8. The van der Waals surface area contributed by atoms with Gasteiger partial charge in [-0.1, -0.05) is 27.7 Å². The molecule has 0 heterocycles. The van der Waals surface area contributed by atoms with E-state index in [1.807, 2.05) is 9.80 Å². The van der Waals surface area contributed by atoms with E-state index in [-0.39, 0.29) is 36.0 Å². The number of hydrogen-bond donors (Lipinski definition) is 0. The highest BCUT2D eigenvalue weighted by atomic mass is 16.2. The van der Waals surface area contributed by atoms with E-state index in [1.165, 1.54) is 0 Å². The molecule has 0 radical (unpaired) electrons. The van der Waals surface area contributed by atoms with E-state index in [4.69, 9.17) is 0 Å². The summed E-state index contributed by atoms with van der Waals surface area (Å²) in [6, 6.07) is 1.04. The molecule has 0 fully saturated rings. The van der Waals surface area contributed by atoms with Crippen molar-refractivity contribution in [2.45, 2.75) is 125 Å². The van der Waals surface area contributed by atoms with Crippen molar-refractivity contribution in [3.05, 3.63) is 0 Å². The molecule has 0 saturated heterocycles. The Labute approximate surface area is 156 Å². The second-order valence-electron chi connectivity index (χ2n) is 7.48. The third-order valence-electron chi connectivity index (χ3n) is 5.62. The van der Waals surface area contributed by atoms with Crippen LogP contribution in [0, 0.1) is 0 Å². The van der Waals surface area contributed by atoms with Crippen LogP contribution in [0.3, 0.4) is 0 Å². The lowest BCUT2D eigenvalue weighted by Crippen LogP contribution is -2.45. The van der Waals surface area contributed by atoms with Crippen LogP contribution in [0.2, 0.25) is 0 Å². The Morgan fingerprint density at radius 1 is 0.600 bits per heavy atom. The van der Waals surface area contributed by atoms with Gasteiger partial charge in [0, 0.05) is 37.0 Å². The first-order valence-electron chi connectivity index (χ1n) is 10.4. The second kappa shape index (κ2) is 12.3. The van der Waals surface area contributed by atoms with Gasteiger partial charge in [-0.3, -0.25) is 9.59 Å². The van der Waals surface area contributed by atoms with Crippen LogP contribution in [0.4, 0.5) is 0 Å². The van der Waals surface area contributed by atoms with Crippen LogP contribution in [-0.2, 0) is 9.59 Å². The zero-order chi connectivity index (χ0) is 19.6. The number of nitrogens with zero attached hydrogens (tertiary/aromatic N) is 2. The lowest BCUT2D eigenvalue weighted by molar-refractivity contribution is -0.137. The molecule has 0 N–H and O–H groups in total. The van der Waals surface area contributed by atoms with Gasteiger partial charge in [0.15, 0.2) is 0 Å². The van der Waals surface area contributed by atoms with Gasteiger partial charge >= 0.3 is 0 Å². The van der Waals surface area contributed by atoms with Crippen LogP contribution in [0.1, 0.15) is 100 Å². The lowest BCUT2D eigenvalue weighted by Gasteiger charge is -2.35. The molecule has 25 heavy (non-hydrogen) atoms. The van der Waals surface area contributed by atoms with Crippen molar-refractivity contribution >= 4 is 11.8 Å². The summed E-state index contributed by atoms with van der Waals surface area (Å²) in [6.07, 6.45) is 5.43. The van der Waals surface area contributed by atoms with Gasteiger partial charge in [-0.2, -0.15) is 0 Å². The molecule has 0 unspecified atom stereocenters. The van der Waals surface area contributed by atoms with Crippen LogP contribution in [0.5, 0.6) is 0 Å². The van der Waals surface area contributed by atoms with Crippen molar-refractivity contribution in [2.24, 2.45) is 0 Å². The molecule has 0 bridgehead atoms. The molecule has 0 aromatic rings. The monoisotopic (exact) mass is 354 g/mol. The van der Waals surface area contributed by atoms with Crippen LogP contribution >= 0.6 is 0 Å². The predicted octanol–water partition coefficient (Wildman–Crippen LogP) is 5.01. The third-order valence-corrected chi connectivity index (χ3v) is 5.62. The Morgan fingerprint density at radius 2 is 0.840 bits per heavy atom. The summed E-state index contributed by atoms with van der Waals surface area (Å²) in [7, 11) is 0. The van der Waals surface area contributed by atoms with Gasteiger partial charge in [-0.25, -0.2) is 0 Å². The van der Waals surface area contributed by atoms with Crippen molar-refractivity contribution in [2.75, 3.05) is 0 Å². The predicted molar refractivity (Wildman–Crippen MR) is 107 cm³/mol. The molecule has 0 saturated carbocycles. The lowest BCUT2D eigenvalue weighted by atomic mass is 10.1. The molecule has 0 aromatic heterocycles. The van der Waals surface area contributed by atoms with Crippen molar-refractivity contribution in [3.63, 3.8) is 0 Å². The molecular formula is C21H42N2O2. The number of rotatable bonds is 12. The molecule has 0 aliphatic rings. The zero-order valence-corrected chi connectivity index (χ0v) is 18.0. The highest BCUT2D eigenvalue weighted by Gasteiger charge is 2.25. The highest BCUT2D eigenvalue weighted by Crippen LogP contribution is 2.17.